The van der Waals surface area contributed by atoms with Gasteiger partial charge in [-0.05, 0) is 48.0 Å². The molecule has 7 heteroatoms. The first-order valence-electron chi connectivity index (χ1n) is 8.88. The summed E-state index contributed by atoms with van der Waals surface area (Å²) in [5.41, 5.74) is 2.77. The smallest absolute Gasteiger partial charge is 0.257 e. The van der Waals surface area contributed by atoms with Crippen molar-refractivity contribution < 1.29 is 9.59 Å². The number of hydrogen-bond acceptors (Lipinski definition) is 3. The zero-order chi connectivity index (χ0) is 20.4. The Bertz CT molecular complexity index is 1080. The Kier molecular flexibility index (Phi) is 5.81. The molecule has 1 N–H and O–H groups in total. The van der Waals surface area contributed by atoms with Crippen LogP contribution < -0.4 is 10.2 Å². The molecule has 1 atom stereocenters. The van der Waals surface area contributed by atoms with Crippen LogP contribution >= 0.6 is 35.0 Å². The van der Waals surface area contributed by atoms with Gasteiger partial charge >= 0.3 is 0 Å². The molecule has 1 unspecified atom stereocenters. The summed E-state index contributed by atoms with van der Waals surface area (Å²) in [6, 6.07) is 21.8. The third-order valence-electron chi connectivity index (χ3n) is 4.51. The van der Waals surface area contributed by atoms with E-state index in [-0.39, 0.29) is 17.2 Å². The van der Waals surface area contributed by atoms with Gasteiger partial charge < -0.3 is 5.32 Å². The van der Waals surface area contributed by atoms with Crippen molar-refractivity contribution in [3.8, 4) is 0 Å². The number of hydrogen-bond donors (Lipinski definition) is 1. The molecule has 3 aromatic rings. The lowest BCUT2D eigenvalue weighted by Crippen LogP contribution is -2.27. The van der Waals surface area contributed by atoms with E-state index < -0.39 is 0 Å². The van der Waals surface area contributed by atoms with Crippen LogP contribution in [0.2, 0.25) is 10.0 Å². The summed E-state index contributed by atoms with van der Waals surface area (Å²) >= 11 is 13.6. The van der Waals surface area contributed by atoms with Crippen LogP contribution in [0.5, 0.6) is 0 Å². The highest BCUT2D eigenvalue weighted by atomic mass is 35.5. The van der Waals surface area contributed by atoms with Gasteiger partial charge in [0, 0.05) is 16.4 Å². The van der Waals surface area contributed by atoms with E-state index in [0.717, 1.165) is 11.3 Å². The van der Waals surface area contributed by atoms with Crippen molar-refractivity contribution in [2.24, 2.45) is 0 Å². The first-order chi connectivity index (χ1) is 14.0. The lowest BCUT2D eigenvalue weighted by Gasteiger charge is -2.24. The molecular formula is C22H16Cl2N2O2S. The molecule has 1 fully saturated rings. The second kappa shape index (κ2) is 8.49. The maximum atomic E-state index is 12.6. The number of halogens is 2. The van der Waals surface area contributed by atoms with E-state index in [1.54, 1.807) is 34.9 Å². The maximum absolute atomic E-state index is 12.6. The number of rotatable bonds is 4. The normalized spacial score (nSPS) is 16.1. The topological polar surface area (TPSA) is 49.4 Å². The Morgan fingerprint density at radius 1 is 1.00 bits per heavy atom. The van der Waals surface area contributed by atoms with E-state index in [2.05, 4.69) is 5.32 Å². The van der Waals surface area contributed by atoms with Crippen LogP contribution in [0.1, 0.15) is 21.3 Å². The van der Waals surface area contributed by atoms with E-state index in [1.807, 2.05) is 48.5 Å². The highest BCUT2D eigenvalue weighted by Crippen LogP contribution is 2.42. The molecule has 4 rings (SSSR count). The van der Waals surface area contributed by atoms with E-state index in [0.29, 0.717) is 27.0 Å². The molecule has 1 aliphatic heterocycles. The Morgan fingerprint density at radius 3 is 2.55 bits per heavy atom. The number of amides is 2. The first kappa shape index (κ1) is 19.8. The van der Waals surface area contributed by atoms with Crippen molar-refractivity contribution in [1.82, 2.24) is 0 Å². The van der Waals surface area contributed by atoms with Crippen molar-refractivity contribution in [1.29, 1.82) is 0 Å². The Hall–Kier alpha value is -2.47. The summed E-state index contributed by atoms with van der Waals surface area (Å²) in [4.78, 5) is 26.9. The maximum Gasteiger partial charge on any atom is 0.257 e. The summed E-state index contributed by atoms with van der Waals surface area (Å²) in [5.74, 6) is 0.156. The van der Waals surface area contributed by atoms with Gasteiger partial charge in [-0.15, -0.1) is 11.8 Å². The van der Waals surface area contributed by atoms with Crippen molar-refractivity contribution in [3.63, 3.8) is 0 Å². The zero-order valence-corrected chi connectivity index (χ0v) is 17.5. The molecule has 1 heterocycles. The van der Waals surface area contributed by atoms with Gasteiger partial charge in [0.05, 0.1) is 16.3 Å². The second-order valence-corrected chi connectivity index (χ2v) is 8.38. The molecule has 0 aliphatic carbocycles. The summed E-state index contributed by atoms with van der Waals surface area (Å²) in [5, 5.41) is 3.48. The molecule has 3 aromatic carbocycles. The predicted molar refractivity (Wildman–Crippen MR) is 120 cm³/mol. The molecule has 0 bridgehead atoms. The van der Waals surface area contributed by atoms with Crippen LogP contribution in [-0.4, -0.2) is 17.6 Å². The number of nitrogens with one attached hydrogen (secondary N) is 1. The first-order valence-corrected chi connectivity index (χ1v) is 10.7. The van der Waals surface area contributed by atoms with Gasteiger partial charge in [-0.1, -0.05) is 53.5 Å². The quantitative estimate of drug-likeness (QED) is 0.536. The molecule has 0 radical (unpaired) electrons. The van der Waals surface area contributed by atoms with Gasteiger partial charge in [0.25, 0.3) is 5.91 Å². The molecule has 1 saturated heterocycles. The minimum Gasteiger partial charge on any atom is -0.322 e. The molecule has 146 valence electrons. The van der Waals surface area contributed by atoms with Crippen LogP contribution in [0.25, 0.3) is 0 Å². The average Bonchev–Trinajstić information content (AvgIpc) is 3.10. The minimum atomic E-state index is -0.320. The third kappa shape index (κ3) is 4.27. The molecule has 0 spiro atoms. The van der Waals surface area contributed by atoms with Crippen LogP contribution in [0.3, 0.4) is 0 Å². The Labute approximate surface area is 182 Å². The van der Waals surface area contributed by atoms with E-state index in [4.69, 9.17) is 23.2 Å². The molecule has 2 amide bonds. The highest BCUT2D eigenvalue weighted by Gasteiger charge is 2.34. The molecule has 0 saturated carbocycles. The van der Waals surface area contributed by atoms with E-state index in [9.17, 15) is 9.59 Å². The summed E-state index contributed by atoms with van der Waals surface area (Å²) in [6.07, 6.45) is 0. The standard InChI is InChI=1S/C22H16Cl2N2O2S/c23-15-9-10-18(19(24)12-15)21(28)25-16-6-4-5-14(11-16)22-26(20(27)13-29-22)17-7-2-1-3-8-17/h1-12,22H,13H2,(H,25,28). The highest BCUT2D eigenvalue weighted by molar-refractivity contribution is 8.00. The molecule has 29 heavy (non-hydrogen) atoms. The molecule has 0 aromatic heterocycles. The van der Waals surface area contributed by atoms with Gasteiger partial charge in [-0.3, -0.25) is 14.5 Å². The van der Waals surface area contributed by atoms with E-state index in [1.165, 1.54) is 6.07 Å². The fourth-order valence-corrected chi connectivity index (χ4v) is 4.84. The fourth-order valence-electron chi connectivity index (χ4n) is 3.18. The summed E-state index contributed by atoms with van der Waals surface area (Å²) in [6.45, 7) is 0. The van der Waals surface area contributed by atoms with Gasteiger partial charge in [-0.2, -0.15) is 0 Å². The SMILES string of the molecule is O=C(Nc1cccc(C2SCC(=O)N2c2ccccc2)c1)c1ccc(Cl)cc1Cl. The van der Waals surface area contributed by atoms with Crippen LogP contribution in [0.15, 0.2) is 72.8 Å². The summed E-state index contributed by atoms with van der Waals surface area (Å²) < 4.78 is 0. The van der Waals surface area contributed by atoms with Gasteiger partial charge in [0.2, 0.25) is 5.91 Å². The lowest BCUT2D eigenvalue weighted by atomic mass is 10.1. The predicted octanol–water partition coefficient (Wildman–Crippen LogP) is 6.02. The van der Waals surface area contributed by atoms with Gasteiger partial charge in [0.15, 0.2) is 0 Å². The minimum absolute atomic E-state index is 0.0635. The number of thioether (sulfide) groups is 1. The van der Waals surface area contributed by atoms with Crippen LogP contribution in [-0.2, 0) is 4.79 Å². The number of para-hydroxylation sites is 1. The average molecular weight is 443 g/mol. The van der Waals surface area contributed by atoms with Crippen molar-refractivity contribution in [2.45, 2.75) is 5.37 Å². The third-order valence-corrected chi connectivity index (χ3v) is 6.27. The summed E-state index contributed by atoms with van der Waals surface area (Å²) in [7, 11) is 0. The molecule has 4 nitrogen and oxygen atoms in total. The molecule has 1 aliphatic rings. The largest absolute Gasteiger partial charge is 0.322 e. The lowest BCUT2D eigenvalue weighted by molar-refractivity contribution is -0.115. The van der Waals surface area contributed by atoms with Gasteiger partial charge in [-0.25, -0.2) is 0 Å². The number of nitrogens with zero attached hydrogens (tertiary/aromatic N) is 1. The van der Waals surface area contributed by atoms with Crippen molar-refractivity contribution >= 4 is 58.2 Å². The van der Waals surface area contributed by atoms with Crippen molar-refractivity contribution in [3.05, 3.63) is 94.0 Å². The Balaban J connectivity index is 1.58. The fraction of sp³-hybridized carbons (Fsp3) is 0.0909. The van der Waals surface area contributed by atoms with E-state index >= 15 is 0 Å². The monoisotopic (exact) mass is 442 g/mol. The second-order valence-electron chi connectivity index (χ2n) is 6.47. The number of carbonyl (C=O) groups excluding carboxylic acids is 2. The zero-order valence-electron chi connectivity index (χ0n) is 15.1. The van der Waals surface area contributed by atoms with Crippen LogP contribution in [0.4, 0.5) is 11.4 Å². The van der Waals surface area contributed by atoms with Crippen molar-refractivity contribution in [2.75, 3.05) is 16.0 Å². The number of anilines is 2. The number of benzene rings is 3. The van der Waals surface area contributed by atoms with Gasteiger partial charge in [0.1, 0.15) is 5.37 Å². The van der Waals surface area contributed by atoms with Crippen LogP contribution in [0, 0.1) is 0 Å². The molecular weight excluding hydrogens is 427 g/mol. The number of carbonyl (C=O) groups is 2. The Morgan fingerprint density at radius 2 is 1.79 bits per heavy atom.